The van der Waals surface area contributed by atoms with E-state index in [1.807, 2.05) is 13.8 Å². The van der Waals surface area contributed by atoms with Crippen molar-refractivity contribution >= 4 is 0 Å². The Morgan fingerprint density at radius 3 is 1.95 bits per heavy atom. The third-order valence-electron chi connectivity index (χ3n) is 4.51. The van der Waals surface area contributed by atoms with Crippen molar-refractivity contribution in [2.24, 2.45) is 17.8 Å². The van der Waals surface area contributed by atoms with E-state index in [4.69, 9.17) is 0 Å². The highest BCUT2D eigenvalue weighted by atomic mass is 14.2. The molecule has 0 aromatic heterocycles. The predicted octanol–water partition coefficient (Wildman–Crippen LogP) is 7.39. The molecule has 20 heavy (non-hydrogen) atoms. The van der Waals surface area contributed by atoms with Crippen LogP contribution >= 0.6 is 0 Å². The average Bonchev–Trinajstić information content (AvgIpc) is 2.96. The maximum atomic E-state index is 2.36. The van der Waals surface area contributed by atoms with Gasteiger partial charge in [0.2, 0.25) is 0 Å². The van der Waals surface area contributed by atoms with Gasteiger partial charge in [0, 0.05) is 0 Å². The molecular formula is C20H40. The van der Waals surface area contributed by atoms with E-state index in [0.717, 1.165) is 17.8 Å². The van der Waals surface area contributed by atoms with Crippen LogP contribution in [0.2, 0.25) is 0 Å². The van der Waals surface area contributed by atoms with Crippen molar-refractivity contribution in [3.8, 4) is 0 Å². The first-order chi connectivity index (χ1) is 9.76. The van der Waals surface area contributed by atoms with Gasteiger partial charge in [0.15, 0.2) is 0 Å². The summed E-state index contributed by atoms with van der Waals surface area (Å²) in [7, 11) is 0. The SMILES string of the molecule is CC.CCCC1CC=C[C@@H](C)C1.CCCC1CCCC1. The van der Waals surface area contributed by atoms with E-state index in [9.17, 15) is 0 Å². The highest BCUT2D eigenvalue weighted by Gasteiger charge is 2.13. The number of rotatable bonds is 4. The molecule has 120 valence electrons. The highest BCUT2D eigenvalue weighted by molar-refractivity contribution is 4.94. The Balaban J connectivity index is 0.000000327. The Bertz CT molecular complexity index is 210. The molecule has 1 unspecified atom stereocenters. The van der Waals surface area contributed by atoms with Crippen molar-refractivity contribution in [3.63, 3.8) is 0 Å². The van der Waals surface area contributed by atoms with Crippen molar-refractivity contribution in [1.29, 1.82) is 0 Å². The second-order valence-corrected chi connectivity index (χ2v) is 6.47. The predicted molar refractivity (Wildman–Crippen MR) is 94.2 cm³/mol. The Morgan fingerprint density at radius 1 is 0.900 bits per heavy atom. The van der Waals surface area contributed by atoms with Gasteiger partial charge in [0.25, 0.3) is 0 Å². The molecule has 1 fully saturated rings. The fourth-order valence-electron chi connectivity index (χ4n) is 3.56. The first kappa shape index (κ1) is 19.7. The van der Waals surface area contributed by atoms with Crippen molar-refractivity contribution in [2.75, 3.05) is 0 Å². The van der Waals surface area contributed by atoms with Gasteiger partial charge in [-0.1, -0.05) is 98.1 Å². The lowest BCUT2D eigenvalue weighted by Gasteiger charge is -2.21. The van der Waals surface area contributed by atoms with Gasteiger partial charge in [-0.25, -0.2) is 0 Å². The molecule has 0 amide bonds. The molecule has 0 heteroatoms. The quantitative estimate of drug-likeness (QED) is 0.471. The summed E-state index contributed by atoms with van der Waals surface area (Å²) in [5.74, 6) is 2.94. The van der Waals surface area contributed by atoms with Gasteiger partial charge in [-0.15, -0.1) is 0 Å². The molecule has 0 aromatic carbocycles. The van der Waals surface area contributed by atoms with Crippen LogP contribution in [0.5, 0.6) is 0 Å². The summed E-state index contributed by atoms with van der Waals surface area (Å²) in [6.07, 6.45) is 19.2. The Hall–Kier alpha value is -0.260. The van der Waals surface area contributed by atoms with Crippen molar-refractivity contribution < 1.29 is 0 Å². The zero-order valence-electron chi connectivity index (χ0n) is 15.0. The summed E-state index contributed by atoms with van der Waals surface area (Å²) in [4.78, 5) is 0. The molecule has 2 rings (SSSR count). The molecule has 0 spiro atoms. The molecule has 2 aliphatic carbocycles. The third kappa shape index (κ3) is 9.61. The molecule has 2 atom stereocenters. The van der Waals surface area contributed by atoms with E-state index in [-0.39, 0.29) is 0 Å². The van der Waals surface area contributed by atoms with Crippen molar-refractivity contribution in [3.05, 3.63) is 12.2 Å². The highest BCUT2D eigenvalue weighted by Crippen LogP contribution is 2.28. The zero-order valence-corrected chi connectivity index (χ0v) is 15.0. The van der Waals surface area contributed by atoms with E-state index < -0.39 is 0 Å². The van der Waals surface area contributed by atoms with Crippen LogP contribution in [0.3, 0.4) is 0 Å². The third-order valence-corrected chi connectivity index (χ3v) is 4.51. The van der Waals surface area contributed by atoms with Crippen LogP contribution in [0, 0.1) is 17.8 Å². The molecule has 0 nitrogen and oxygen atoms in total. The minimum atomic E-state index is 0.838. The van der Waals surface area contributed by atoms with Gasteiger partial charge in [0.05, 0.1) is 0 Å². The Morgan fingerprint density at radius 2 is 1.45 bits per heavy atom. The van der Waals surface area contributed by atoms with Crippen LogP contribution in [0.4, 0.5) is 0 Å². The normalized spacial score (nSPS) is 25.4. The molecule has 0 heterocycles. The summed E-state index contributed by atoms with van der Waals surface area (Å²) in [5, 5.41) is 0. The smallest absolute Gasteiger partial charge is 0.0259 e. The number of hydrogen-bond donors (Lipinski definition) is 0. The summed E-state index contributed by atoms with van der Waals surface area (Å²) in [6, 6.07) is 0. The molecule has 0 N–H and O–H groups in total. The molecule has 0 radical (unpaired) electrons. The van der Waals surface area contributed by atoms with Crippen LogP contribution < -0.4 is 0 Å². The lowest BCUT2D eigenvalue weighted by Crippen LogP contribution is -2.08. The Kier molecular flexibility index (Phi) is 13.5. The van der Waals surface area contributed by atoms with Gasteiger partial charge in [0.1, 0.15) is 0 Å². The minimum absolute atomic E-state index is 0.838. The fraction of sp³-hybridized carbons (Fsp3) is 0.900. The maximum absolute atomic E-state index is 2.36. The van der Waals surface area contributed by atoms with E-state index >= 15 is 0 Å². The molecular weight excluding hydrogens is 240 g/mol. The van der Waals surface area contributed by atoms with E-state index in [2.05, 4.69) is 32.9 Å². The van der Waals surface area contributed by atoms with Crippen LogP contribution in [0.1, 0.15) is 98.8 Å². The molecule has 2 aliphatic rings. The second kappa shape index (κ2) is 13.7. The lowest BCUT2D eigenvalue weighted by atomic mass is 9.85. The minimum Gasteiger partial charge on any atom is -0.0880 e. The van der Waals surface area contributed by atoms with Crippen LogP contribution in [-0.4, -0.2) is 0 Å². The Labute approximate surface area is 129 Å². The molecule has 0 aromatic rings. The second-order valence-electron chi connectivity index (χ2n) is 6.47. The lowest BCUT2D eigenvalue weighted by molar-refractivity contribution is 0.388. The van der Waals surface area contributed by atoms with Gasteiger partial charge < -0.3 is 0 Å². The van der Waals surface area contributed by atoms with Gasteiger partial charge in [-0.05, 0) is 30.6 Å². The summed E-state index contributed by atoms with van der Waals surface area (Å²) >= 11 is 0. The van der Waals surface area contributed by atoms with Gasteiger partial charge in [-0.3, -0.25) is 0 Å². The first-order valence-electron chi connectivity index (χ1n) is 9.42. The van der Waals surface area contributed by atoms with E-state index in [1.165, 1.54) is 64.2 Å². The van der Waals surface area contributed by atoms with Crippen LogP contribution in [-0.2, 0) is 0 Å². The van der Waals surface area contributed by atoms with Gasteiger partial charge >= 0.3 is 0 Å². The van der Waals surface area contributed by atoms with E-state index in [0.29, 0.717) is 0 Å². The van der Waals surface area contributed by atoms with E-state index in [1.54, 1.807) is 0 Å². The topological polar surface area (TPSA) is 0 Å². The number of allylic oxidation sites excluding steroid dienone is 2. The summed E-state index contributed by atoms with van der Waals surface area (Å²) in [5.41, 5.74) is 0. The first-order valence-corrected chi connectivity index (χ1v) is 9.42. The molecule has 1 saturated carbocycles. The zero-order chi connectivity index (χ0) is 15.2. The average molecular weight is 281 g/mol. The molecule has 0 saturated heterocycles. The standard InChI is InChI=1S/C10H18.C8H16.C2H6/c1-3-5-10-7-4-6-9(2)8-10;1-2-5-8-6-3-4-7-8;1-2/h4,6,9-10H,3,5,7-8H2,1-2H3;8H,2-7H2,1H3;1-2H3/t9-,10?;;/m1../s1. The molecule has 0 aliphatic heterocycles. The fourth-order valence-corrected chi connectivity index (χ4v) is 3.56. The monoisotopic (exact) mass is 280 g/mol. The molecule has 0 bridgehead atoms. The maximum Gasteiger partial charge on any atom is -0.0259 e. The summed E-state index contributed by atoms with van der Waals surface area (Å²) in [6.45, 7) is 10.9. The van der Waals surface area contributed by atoms with Crippen LogP contribution in [0.25, 0.3) is 0 Å². The van der Waals surface area contributed by atoms with Gasteiger partial charge in [-0.2, -0.15) is 0 Å². The van der Waals surface area contributed by atoms with Crippen molar-refractivity contribution in [1.82, 2.24) is 0 Å². The summed E-state index contributed by atoms with van der Waals surface area (Å²) < 4.78 is 0. The van der Waals surface area contributed by atoms with Crippen molar-refractivity contribution in [2.45, 2.75) is 98.8 Å². The van der Waals surface area contributed by atoms with Crippen LogP contribution in [0.15, 0.2) is 12.2 Å². The number of hydrogen-bond acceptors (Lipinski definition) is 0. The largest absolute Gasteiger partial charge is 0.0880 e.